The third kappa shape index (κ3) is 41.1. The van der Waals surface area contributed by atoms with Crippen molar-refractivity contribution in [3.8, 4) is 0 Å². The minimum absolute atomic E-state index is 0.0453. The number of nitrogens with two attached hydrogens (primary N) is 1. The van der Waals surface area contributed by atoms with Gasteiger partial charge in [0.25, 0.3) is 0 Å². The van der Waals surface area contributed by atoms with Gasteiger partial charge in [-0.25, -0.2) is 4.57 Å². The molecule has 0 spiro atoms. The highest BCUT2D eigenvalue weighted by Crippen LogP contribution is 2.43. The van der Waals surface area contributed by atoms with Crippen LogP contribution in [0.4, 0.5) is 0 Å². The Balaban J connectivity index is 4.13. The Kier molecular flexibility index (Phi) is 40.2. The summed E-state index contributed by atoms with van der Waals surface area (Å²) in [4.78, 5) is 34.9. The van der Waals surface area contributed by atoms with E-state index in [-0.39, 0.29) is 32.6 Å². The molecule has 0 aromatic heterocycles. The third-order valence-corrected chi connectivity index (χ3v) is 9.87. The summed E-state index contributed by atoms with van der Waals surface area (Å²) < 4.78 is 32.7. The standard InChI is InChI=1S/C46H80NO8P/c1-3-5-7-9-11-13-15-17-18-19-20-21-22-23-24-25-27-28-30-32-34-36-38-45(48)52-42-44(43-54-56(50,51)53-41-40-47)55-46(49)39-37-35-33-31-29-26-16-14-12-10-8-6-4-2/h6,8,10-14,16-18,20-21,44H,3-5,7,9,15,19,22-43,47H2,1-2H3,(H,50,51)/b8-6+,12-10+,13-11+,16-14+,18-17+,21-20+. The highest BCUT2D eigenvalue weighted by Gasteiger charge is 2.26. The van der Waals surface area contributed by atoms with Crippen LogP contribution in [0.15, 0.2) is 72.9 Å². The molecule has 0 aromatic rings. The molecule has 0 bridgehead atoms. The minimum atomic E-state index is -4.39. The molecule has 0 saturated carbocycles. The molecule has 2 unspecified atom stereocenters. The quantitative estimate of drug-likeness (QED) is 0.0204. The molecular formula is C46H80NO8P. The maximum atomic E-state index is 12.6. The van der Waals surface area contributed by atoms with Crippen LogP contribution in [0, 0.1) is 0 Å². The van der Waals surface area contributed by atoms with Crippen molar-refractivity contribution in [1.82, 2.24) is 0 Å². The number of rotatable bonds is 40. The van der Waals surface area contributed by atoms with E-state index in [0.29, 0.717) is 6.42 Å². The number of hydrogen-bond donors (Lipinski definition) is 2. The van der Waals surface area contributed by atoms with Gasteiger partial charge in [-0.3, -0.25) is 18.6 Å². The molecule has 2 atom stereocenters. The first-order chi connectivity index (χ1) is 27.3. The Bertz CT molecular complexity index is 1150. The Morgan fingerprint density at radius 1 is 0.571 bits per heavy atom. The number of ether oxygens (including phenoxy) is 2. The average Bonchev–Trinajstić information content (AvgIpc) is 3.18. The monoisotopic (exact) mass is 806 g/mol. The molecule has 56 heavy (non-hydrogen) atoms. The van der Waals surface area contributed by atoms with Crippen LogP contribution in [-0.2, 0) is 32.7 Å². The van der Waals surface area contributed by atoms with Gasteiger partial charge >= 0.3 is 19.8 Å². The van der Waals surface area contributed by atoms with Crippen LogP contribution in [0.25, 0.3) is 0 Å². The van der Waals surface area contributed by atoms with E-state index < -0.39 is 32.5 Å². The van der Waals surface area contributed by atoms with Crippen molar-refractivity contribution in [2.45, 2.75) is 180 Å². The lowest BCUT2D eigenvalue weighted by atomic mass is 10.1. The normalized spacial score (nSPS) is 14.0. The third-order valence-electron chi connectivity index (χ3n) is 8.89. The highest BCUT2D eigenvalue weighted by molar-refractivity contribution is 7.47. The molecule has 0 aliphatic heterocycles. The zero-order valence-electron chi connectivity index (χ0n) is 35.3. The molecule has 0 aromatic carbocycles. The van der Waals surface area contributed by atoms with Crippen molar-refractivity contribution in [3.63, 3.8) is 0 Å². The SMILES string of the molecule is CC/C=C/C=C/C=C/CCCCCCCC(=O)OC(COC(=O)CCCCCCCCCCC/C=C/C/C=C/C/C=C/CCCCC)COP(=O)(O)OCCN. The van der Waals surface area contributed by atoms with E-state index in [1.54, 1.807) is 0 Å². The number of carbonyl (C=O) groups excluding carboxylic acids is 2. The number of allylic oxidation sites excluding steroid dienone is 12. The van der Waals surface area contributed by atoms with Crippen LogP contribution in [0.1, 0.15) is 174 Å². The Morgan fingerprint density at radius 3 is 1.61 bits per heavy atom. The van der Waals surface area contributed by atoms with Gasteiger partial charge in [0.15, 0.2) is 6.10 Å². The van der Waals surface area contributed by atoms with Gasteiger partial charge in [-0.15, -0.1) is 0 Å². The smallest absolute Gasteiger partial charge is 0.462 e. The lowest BCUT2D eigenvalue weighted by Crippen LogP contribution is -2.29. The molecule has 0 amide bonds. The lowest BCUT2D eigenvalue weighted by molar-refractivity contribution is -0.161. The summed E-state index contributed by atoms with van der Waals surface area (Å²) in [5, 5.41) is 0. The van der Waals surface area contributed by atoms with Crippen LogP contribution in [-0.4, -0.2) is 49.3 Å². The van der Waals surface area contributed by atoms with E-state index >= 15 is 0 Å². The fraction of sp³-hybridized carbons (Fsp3) is 0.696. The van der Waals surface area contributed by atoms with E-state index in [0.717, 1.165) is 83.5 Å². The van der Waals surface area contributed by atoms with Gasteiger partial charge in [-0.2, -0.15) is 0 Å². The maximum Gasteiger partial charge on any atom is 0.472 e. The topological polar surface area (TPSA) is 134 Å². The number of hydrogen-bond acceptors (Lipinski definition) is 8. The van der Waals surface area contributed by atoms with Crippen LogP contribution in [0.5, 0.6) is 0 Å². The molecule has 9 nitrogen and oxygen atoms in total. The van der Waals surface area contributed by atoms with E-state index in [2.05, 4.69) is 68.5 Å². The second kappa shape index (κ2) is 42.1. The van der Waals surface area contributed by atoms with Gasteiger partial charge in [-0.05, 0) is 70.6 Å². The van der Waals surface area contributed by atoms with Gasteiger partial charge in [-0.1, -0.05) is 164 Å². The summed E-state index contributed by atoms with van der Waals surface area (Å²) in [6.07, 6.45) is 50.8. The number of phosphoric acid groups is 1. The van der Waals surface area contributed by atoms with Gasteiger partial charge in [0, 0.05) is 19.4 Å². The van der Waals surface area contributed by atoms with Crippen LogP contribution in [0.3, 0.4) is 0 Å². The summed E-state index contributed by atoms with van der Waals surface area (Å²) in [6.45, 7) is 3.53. The zero-order chi connectivity index (χ0) is 41.1. The lowest BCUT2D eigenvalue weighted by Gasteiger charge is -2.19. The molecule has 0 fully saturated rings. The predicted octanol–water partition coefficient (Wildman–Crippen LogP) is 12.7. The van der Waals surface area contributed by atoms with E-state index in [9.17, 15) is 19.0 Å². The van der Waals surface area contributed by atoms with Crippen molar-refractivity contribution in [1.29, 1.82) is 0 Å². The summed E-state index contributed by atoms with van der Waals surface area (Å²) in [6, 6.07) is 0. The summed E-state index contributed by atoms with van der Waals surface area (Å²) >= 11 is 0. The van der Waals surface area contributed by atoms with Crippen LogP contribution >= 0.6 is 7.82 Å². The molecule has 10 heteroatoms. The molecule has 3 N–H and O–H groups in total. The average molecular weight is 806 g/mol. The van der Waals surface area contributed by atoms with Crippen molar-refractivity contribution < 1.29 is 37.6 Å². The highest BCUT2D eigenvalue weighted by atomic mass is 31.2. The Hall–Kier alpha value is -2.55. The molecule has 0 rings (SSSR count). The van der Waals surface area contributed by atoms with Crippen LogP contribution < -0.4 is 5.73 Å². The second-order valence-electron chi connectivity index (χ2n) is 14.2. The molecule has 0 radical (unpaired) electrons. The number of carbonyl (C=O) groups is 2. The summed E-state index contributed by atoms with van der Waals surface area (Å²) in [5.41, 5.74) is 5.34. The van der Waals surface area contributed by atoms with Crippen molar-refractivity contribution in [2.75, 3.05) is 26.4 Å². The van der Waals surface area contributed by atoms with Crippen molar-refractivity contribution in [3.05, 3.63) is 72.9 Å². The van der Waals surface area contributed by atoms with Gasteiger partial charge in [0.2, 0.25) is 0 Å². The first-order valence-electron chi connectivity index (χ1n) is 21.9. The van der Waals surface area contributed by atoms with E-state index in [4.69, 9.17) is 24.3 Å². The summed E-state index contributed by atoms with van der Waals surface area (Å²) in [5.74, 6) is -0.864. The molecule has 0 aliphatic rings. The maximum absolute atomic E-state index is 12.6. The van der Waals surface area contributed by atoms with Gasteiger partial charge in [0.05, 0.1) is 13.2 Å². The number of unbranched alkanes of at least 4 members (excludes halogenated alkanes) is 17. The first kappa shape index (κ1) is 53.5. The summed E-state index contributed by atoms with van der Waals surface area (Å²) in [7, 11) is -4.39. The number of esters is 2. The minimum Gasteiger partial charge on any atom is -0.462 e. The van der Waals surface area contributed by atoms with Gasteiger partial charge in [0.1, 0.15) is 6.61 Å². The predicted molar refractivity (Wildman–Crippen MR) is 233 cm³/mol. The Morgan fingerprint density at radius 2 is 1.05 bits per heavy atom. The fourth-order valence-electron chi connectivity index (χ4n) is 5.64. The molecular weight excluding hydrogens is 725 g/mol. The molecule has 0 saturated heterocycles. The molecule has 0 aliphatic carbocycles. The fourth-order valence-corrected chi connectivity index (χ4v) is 6.41. The zero-order valence-corrected chi connectivity index (χ0v) is 36.2. The Labute approximate surface area is 341 Å². The van der Waals surface area contributed by atoms with Crippen molar-refractivity contribution >= 4 is 19.8 Å². The number of phosphoric ester groups is 1. The first-order valence-corrected chi connectivity index (χ1v) is 23.4. The largest absolute Gasteiger partial charge is 0.472 e. The van der Waals surface area contributed by atoms with E-state index in [1.807, 2.05) is 18.2 Å². The van der Waals surface area contributed by atoms with Crippen LogP contribution in [0.2, 0.25) is 0 Å². The second-order valence-corrected chi connectivity index (χ2v) is 15.7. The molecule has 322 valence electrons. The van der Waals surface area contributed by atoms with E-state index in [1.165, 1.54) is 57.8 Å². The van der Waals surface area contributed by atoms with Crippen molar-refractivity contribution in [2.24, 2.45) is 5.73 Å². The molecule has 0 heterocycles. The van der Waals surface area contributed by atoms with Gasteiger partial charge < -0.3 is 20.1 Å².